The van der Waals surface area contributed by atoms with E-state index in [2.05, 4.69) is 34.6 Å². The lowest BCUT2D eigenvalue weighted by Gasteiger charge is -2.26. The average molecular weight is 477 g/mol. The standard InChI is InChI=1S/C28H32N2O5/c1-5-6-15-24(26(31)29-18(4)25(17(2)3)27(32)33)30-28(34)35-16-23-21-13-9-7-11-19(21)20-12-8-10-14-22(20)23/h7-14,17-18,23-25H,15-16H2,1-4H3,(H,29,31)(H,30,34)(H,32,33). The molecule has 2 amide bonds. The molecular formula is C28H32N2O5. The lowest BCUT2D eigenvalue weighted by atomic mass is 9.89. The Morgan fingerprint density at radius 1 is 0.971 bits per heavy atom. The van der Waals surface area contributed by atoms with Crippen molar-refractivity contribution in [2.24, 2.45) is 11.8 Å². The van der Waals surface area contributed by atoms with Gasteiger partial charge in [-0.2, -0.15) is 0 Å². The highest BCUT2D eigenvalue weighted by Crippen LogP contribution is 2.44. The number of carboxylic acid groups (broad SMARTS) is 1. The SMILES string of the molecule is CC#CCC(NC(=O)OCC1c2ccccc2-c2ccccc21)C(=O)NC(C)C(C(=O)O)C(C)C. The molecule has 0 heterocycles. The number of aliphatic carboxylic acids is 1. The summed E-state index contributed by atoms with van der Waals surface area (Å²) in [5, 5.41) is 14.8. The van der Waals surface area contributed by atoms with E-state index >= 15 is 0 Å². The summed E-state index contributed by atoms with van der Waals surface area (Å²) >= 11 is 0. The number of alkyl carbamates (subject to hydrolysis) is 1. The maximum Gasteiger partial charge on any atom is 0.407 e. The molecule has 2 aromatic carbocycles. The van der Waals surface area contributed by atoms with Crippen LogP contribution in [0.15, 0.2) is 48.5 Å². The van der Waals surface area contributed by atoms with Crippen molar-refractivity contribution in [3.05, 3.63) is 59.7 Å². The Hall–Kier alpha value is -3.79. The molecule has 0 fully saturated rings. The second kappa shape index (κ2) is 11.6. The van der Waals surface area contributed by atoms with Crippen LogP contribution in [0.3, 0.4) is 0 Å². The highest BCUT2D eigenvalue weighted by atomic mass is 16.5. The van der Waals surface area contributed by atoms with Crippen molar-refractivity contribution < 1.29 is 24.2 Å². The molecule has 3 N–H and O–H groups in total. The van der Waals surface area contributed by atoms with Crippen LogP contribution in [0.5, 0.6) is 0 Å². The number of nitrogens with one attached hydrogen (secondary N) is 2. The van der Waals surface area contributed by atoms with Gasteiger partial charge < -0.3 is 20.5 Å². The van der Waals surface area contributed by atoms with Gasteiger partial charge in [0.05, 0.1) is 5.92 Å². The summed E-state index contributed by atoms with van der Waals surface area (Å²) in [7, 11) is 0. The van der Waals surface area contributed by atoms with Crippen LogP contribution >= 0.6 is 0 Å². The highest BCUT2D eigenvalue weighted by Gasteiger charge is 2.32. The largest absolute Gasteiger partial charge is 0.481 e. The van der Waals surface area contributed by atoms with Gasteiger partial charge in [0.1, 0.15) is 12.6 Å². The number of carboxylic acids is 1. The van der Waals surface area contributed by atoms with Crippen molar-refractivity contribution in [1.29, 1.82) is 0 Å². The Morgan fingerprint density at radius 2 is 1.54 bits per heavy atom. The Bertz CT molecular complexity index is 1100. The average Bonchev–Trinajstić information content (AvgIpc) is 3.13. The molecule has 3 atom stereocenters. The summed E-state index contributed by atoms with van der Waals surface area (Å²) in [4.78, 5) is 37.2. The van der Waals surface area contributed by atoms with Crippen LogP contribution in [0.4, 0.5) is 4.79 Å². The van der Waals surface area contributed by atoms with Gasteiger partial charge in [-0.15, -0.1) is 11.8 Å². The quantitative estimate of drug-likeness (QED) is 0.471. The molecule has 0 saturated heterocycles. The smallest absolute Gasteiger partial charge is 0.407 e. The first-order valence-electron chi connectivity index (χ1n) is 11.8. The fourth-order valence-electron chi connectivity index (χ4n) is 4.69. The number of rotatable bonds is 9. The zero-order valence-electron chi connectivity index (χ0n) is 20.5. The monoisotopic (exact) mass is 476 g/mol. The summed E-state index contributed by atoms with van der Waals surface area (Å²) in [6.45, 7) is 6.99. The van der Waals surface area contributed by atoms with Crippen molar-refractivity contribution in [1.82, 2.24) is 10.6 Å². The van der Waals surface area contributed by atoms with Gasteiger partial charge in [-0.05, 0) is 42.0 Å². The molecule has 0 aromatic heterocycles. The van der Waals surface area contributed by atoms with E-state index in [0.717, 1.165) is 22.3 Å². The second-order valence-electron chi connectivity index (χ2n) is 9.06. The van der Waals surface area contributed by atoms with Crippen LogP contribution in [0.1, 0.15) is 51.2 Å². The maximum atomic E-state index is 12.9. The molecule has 3 rings (SSSR count). The van der Waals surface area contributed by atoms with Gasteiger partial charge in [0.15, 0.2) is 0 Å². The number of carbonyl (C=O) groups excluding carboxylic acids is 2. The van der Waals surface area contributed by atoms with Crippen LogP contribution < -0.4 is 10.6 Å². The van der Waals surface area contributed by atoms with E-state index in [1.54, 1.807) is 27.7 Å². The fourth-order valence-corrected chi connectivity index (χ4v) is 4.69. The van der Waals surface area contributed by atoms with Gasteiger partial charge in [0.2, 0.25) is 5.91 Å². The summed E-state index contributed by atoms with van der Waals surface area (Å²) in [6, 6.07) is 14.5. The zero-order chi connectivity index (χ0) is 25.5. The van der Waals surface area contributed by atoms with Gasteiger partial charge in [0.25, 0.3) is 0 Å². The van der Waals surface area contributed by atoms with E-state index in [1.165, 1.54) is 0 Å². The molecule has 184 valence electrons. The van der Waals surface area contributed by atoms with Gasteiger partial charge >= 0.3 is 12.1 Å². The Morgan fingerprint density at radius 3 is 2.06 bits per heavy atom. The van der Waals surface area contributed by atoms with E-state index in [0.29, 0.717) is 0 Å². The van der Waals surface area contributed by atoms with Crippen molar-refractivity contribution in [3.63, 3.8) is 0 Å². The van der Waals surface area contributed by atoms with Crippen LogP contribution in [-0.4, -0.2) is 41.8 Å². The minimum atomic E-state index is -0.984. The highest BCUT2D eigenvalue weighted by molar-refractivity contribution is 5.87. The number of amides is 2. The van der Waals surface area contributed by atoms with Crippen LogP contribution in [0.2, 0.25) is 0 Å². The maximum absolute atomic E-state index is 12.9. The summed E-state index contributed by atoms with van der Waals surface area (Å²) in [5.74, 6) is 3.02. The molecule has 0 aliphatic heterocycles. The predicted octanol–water partition coefficient (Wildman–Crippen LogP) is 4.17. The first-order chi connectivity index (χ1) is 16.7. The molecule has 2 aromatic rings. The molecule has 7 heteroatoms. The number of hydrogen-bond acceptors (Lipinski definition) is 4. The van der Waals surface area contributed by atoms with E-state index in [4.69, 9.17) is 4.74 Å². The molecule has 3 unspecified atom stereocenters. The van der Waals surface area contributed by atoms with Gasteiger partial charge in [-0.25, -0.2) is 4.79 Å². The molecule has 1 aliphatic carbocycles. The van der Waals surface area contributed by atoms with Gasteiger partial charge in [-0.3, -0.25) is 9.59 Å². The summed E-state index contributed by atoms with van der Waals surface area (Å²) in [5.41, 5.74) is 4.43. The number of ether oxygens (including phenoxy) is 1. The van der Waals surface area contributed by atoms with Crippen LogP contribution in [-0.2, 0) is 14.3 Å². The van der Waals surface area contributed by atoms with E-state index in [1.807, 2.05) is 36.4 Å². The molecule has 35 heavy (non-hydrogen) atoms. The second-order valence-corrected chi connectivity index (χ2v) is 9.06. The lowest BCUT2D eigenvalue weighted by Crippen LogP contribution is -2.52. The Balaban J connectivity index is 1.66. The number of carbonyl (C=O) groups is 3. The van der Waals surface area contributed by atoms with Gasteiger partial charge in [0, 0.05) is 18.4 Å². The Kier molecular flexibility index (Phi) is 8.53. The first kappa shape index (κ1) is 25.8. The topological polar surface area (TPSA) is 105 Å². The summed E-state index contributed by atoms with van der Waals surface area (Å²) in [6.07, 6.45) is -0.644. The third-order valence-corrected chi connectivity index (χ3v) is 6.35. The number of fused-ring (bicyclic) bond motifs is 3. The molecule has 7 nitrogen and oxygen atoms in total. The minimum Gasteiger partial charge on any atom is -0.481 e. The van der Waals surface area contributed by atoms with Crippen molar-refractivity contribution in [3.8, 4) is 23.0 Å². The van der Waals surface area contributed by atoms with E-state index < -0.39 is 36.0 Å². The molecule has 0 saturated carbocycles. The normalized spacial score (nSPS) is 14.5. The molecule has 0 spiro atoms. The fraction of sp³-hybridized carbons (Fsp3) is 0.393. The van der Waals surface area contributed by atoms with Crippen molar-refractivity contribution >= 4 is 18.0 Å². The summed E-state index contributed by atoms with van der Waals surface area (Å²) < 4.78 is 5.56. The minimum absolute atomic E-state index is 0.0820. The Labute approximate surface area is 206 Å². The molecular weight excluding hydrogens is 444 g/mol. The van der Waals surface area contributed by atoms with Crippen LogP contribution in [0.25, 0.3) is 11.1 Å². The molecule has 0 radical (unpaired) electrons. The molecule has 1 aliphatic rings. The third kappa shape index (κ3) is 6.02. The number of hydrogen-bond donors (Lipinski definition) is 3. The molecule has 0 bridgehead atoms. The van der Waals surface area contributed by atoms with Crippen LogP contribution in [0, 0.1) is 23.7 Å². The number of benzene rings is 2. The zero-order valence-corrected chi connectivity index (χ0v) is 20.5. The van der Waals surface area contributed by atoms with E-state index in [9.17, 15) is 19.5 Å². The van der Waals surface area contributed by atoms with Gasteiger partial charge in [-0.1, -0.05) is 62.4 Å². The predicted molar refractivity (Wildman–Crippen MR) is 134 cm³/mol. The van der Waals surface area contributed by atoms with Crippen molar-refractivity contribution in [2.45, 2.75) is 52.1 Å². The first-order valence-corrected chi connectivity index (χ1v) is 11.8. The third-order valence-electron chi connectivity index (χ3n) is 6.35. The van der Waals surface area contributed by atoms with E-state index in [-0.39, 0.29) is 24.9 Å². The van der Waals surface area contributed by atoms with Crippen molar-refractivity contribution in [2.75, 3.05) is 6.61 Å². The lowest BCUT2D eigenvalue weighted by molar-refractivity contribution is -0.144.